The third kappa shape index (κ3) is 9.44. The van der Waals surface area contributed by atoms with Gasteiger partial charge in [-0.05, 0) is 63.6 Å². The molecule has 242 valence electrons. The van der Waals surface area contributed by atoms with Crippen LogP contribution < -0.4 is 41.8 Å². The Hall–Kier alpha value is -3.62. The Balaban J connectivity index is 1.92. The summed E-state index contributed by atoms with van der Waals surface area (Å²) in [6.07, 6.45) is 1.09. The highest BCUT2D eigenvalue weighted by Gasteiger charge is 2.22. The van der Waals surface area contributed by atoms with Crippen molar-refractivity contribution in [3.63, 3.8) is 0 Å². The van der Waals surface area contributed by atoms with E-state index in [1.807, 2.05) is 0 Å². The predicted octanol–water partition coefficient (Wildman–Crippen LogP) is 1.47. The van der Waals surface area contributed by atoms with E-state index in [0.717, 1.165) is 43.8 Å². The average Bonchev–Trinajstić information content (AvgIpc) is 3.60. The molecule has 0 radical (unpaired) electrons. The Morgan fingerprint density at radius 1 is 1.09 bits per heavy atom. The number of hydrogen-bond donors (Lipinski definition) is 5. The molecule has 1 saturated heterocycles. The van der Waals surface area contributed by atoms with Crippen LogP contribution in [0.2, 0.25) is 0 Å². The van der Waals surface area contributed by atoms with Gasteiger partial charge in [0.25, 0.3) is 17.9 Å². The van der Waals surface area contributed by atoms with Crippen molar-refractivity contribution in [3.05, 3.63) is 43.3 Å². The van der Waals surface area contributed by atoms with Crippen molar-refractivity contribution in [2.24, 2.45) is 11.1 Å². The van der Waals surface area contributed by atoms with E-state index in [9.17, 15) is 28.0 Å². The molecule has 0 saturated carbocycles. The van der Waals surface area contributed by atoms with Crippen molar-refractivity contribution in [3.8, 4) is 0 Å². The summed E-state index contributed by atoms with van der Waals surface area (Å²) in [6.45, 7) is 11.4. The highest BCUT2D eigenvalue weighted by Crippen LogP contribution is 2.23. The molecule has 1 aromatic carbocycles. The predicted molar refractivity (Wildman–Crippen MR) is 170 cm³/mol. The average molecular weight is 636 g/mol. The Labute approximate surface area is 259 Å². The van der Waals surface area contributed by atoms with Crippen LogP contribution in [0.4, 0.5) is 20.2 Å². The topological polar surface area (TPSA) is 151 Å². The first-order valence-electron chi connectivity index (χ1n) is 14.7. The maximum Gasteiger partial charge on any atom is 0.270 e. The molecule has 1 fully saturated rings. The van der Waals surface area contributed by atoms with Gasteiger partial charge in [-0.15, -0.1) is 11.3 Å². The molecule has 6 N–H and O–H groups in total. The second-order valence-corrected chi connectivity index (χ2v) is 12.7. The number of nitrogens with zero attached hydrogens (tertiary/aromatic N) is 2. The number of alkyl halides is 2. The van der Waals surface area contributed by atoms with Crippen molar-refractivity contribution in [1.29, 1.82) is 0 Å². The maximum atomic E-state index is 13.2. The van der Waals surface area contributed by atoms with Gasteiger partial charge in [0.05, 0.1) is 11.2 Å². The van der Waals surface area contributed by atoms with Crippen molar-refractivity contribution in [2.75, 3.05) is 43.4 Å². The van der Waals surface area contributed by atoms with Gasteiger partial charge in [0.15, 0.2) is 0 Å². The summed E-state index contributed by atoms with van der Waals surface area (Å²) < 4.78 is 27.3. The molecule has 0 aliphatic carbocycles. The number of aromatic nitrogens is 1. The second kappa shape index (κ2) is 15.4. The monoisotopic (exact) mass is 635 g/mol. The van der Waals surface area contributed by atoms with Crippen LogP contribution in [-0.2, 0) is 16.1 Å². The van der Waals surface area contributed by atoms with Gasteiger partial charge in [0.2, 0.25) is 11.8 Å². The minimum atomic E-state index is -2.71. The van der Waals surface area contributed by atoms with Crippen LogP contribution in [-0.4, -0.2) is 72.4 Å². The highest BCUT2D eigenvalue weighted by atomic mass is 32.1. The van der Waals surface area contributed by atoms with E-state index in [0.29, 0.717) is 38.3 Å². The number of likely N-dealkylation sites (tertiary alicyclic amines) is 1. The van der Waals surface area contributed by atoms with Gasteiger partial charge in [0, 0.05) is 48.2 Å². The molecular weight excluding hydrogens is 592 g/mol. The molecule has 1 aliphatic rings. The Morgan fingerprint density at radius 2 is 1.75 bits per heavy atom. The second-order valence-electron chi connectivity index (χ2n) is 11.7. The molecule has 1 aliphatic heterocycles. The quantitative estimate of drug-likeness (QED) is 0.237. The van der Waals surface area contributed by atoms with Gasteiger partial charge in [0.1, 0.15) is 10.6 Å². The summed E-state index contributed by atoms with van der Waals surface area (Å²) in [5.41, 5.74) is 6.59. The third-order valence-corrected chi connectivity index (χ3v) is 8.41. The Morgan fingerprint density at radius 3 is 2.36 bits per heavy atom. The minimum Gasteiger partial charge on any atom is -0.360 e. The molecular formula is C30H43F2N7O4S. The molecule has 1 atom stereocenters. The van der Waals surface area contributed by atoms with Gasteiger partial charge in [-0.25, -0.2) is 8.78 Å². The zero-order valence-corrected chi connectivity index (χ0v) is 26.7. The van der Waals surface area contributed by atoms with Gasteiger partial charge >= 0.3 is 0 Å². The van der Waals surface area contributed by atoms with E-state index in [4.69, 9.17) is 5.73 Å². The van der Waals surface area contributed by atoms with Crippen LogP contribution in [0.15, 0.2) is 23.0 Å². The zero-order chi connectivity index (χ0) is 32.6. The van der Waals surface area contributed by atoms with Gasteiger partial charge < -0.3 is 31.9 Å². The van der Waals surface area contributed by atoms with Gasteiger partial charge in [-0.3, -0.25) is 23.7 Å². The fourth-order valence-corrected chi connectivity index (χ4v) is 5.67. The number of nitrogens with two attached hydrogens (primary N) is 1. The Bertz CT molecular complexity index is 1530. The summed E-state index contributed by atoms with van der Waals surface area (Å²) in [6, 6.07) is 3.67. The number of nitrogens with one attached hydrogen (secondary N) is 4. The number of halogens is 2. The molecule has 44 heavy (non-hydrogen) atoms. The first-order chi connectivity index (χ1) is 20.7. The fraction of sp³-hybridized carbons (Fsp3) is 0.533. The number of anilines is 2. The van der Waals surface area contributed by atoms with Crippen LogP contribution in [0, 0.1) is 5.41 Å². The molecule has 3 rings (SSSR count). The number of rotatable bonds is 12. The maximum absolute atomic E-state index is 13.2. The molecule has 3 amide bonds. The standard InChI is InChI=1S/C30H43F2N7O4S/c1-6-39-27(42)22(44-28(39)18(2)24(33)26(41)36-17-23(31)32)16-35-20-13-19(14-21(15-20)37-29(43)30(3,4)5)25(40)34-9-12-38-10-7-8-11-38/h13-16,23-24,35H,6-12,17,33H2,1-5H3,(H,34,40)(H,36,41)(H,37,43)/b22-16+,28-18-. The number of thiazole rings is 1. The minimum absolute atomic E-state index is 0.229. The van der Waals surface area contributed by atoms with Crippen LogP contribution in [0.1, 0.15) is 57.8 Å². The molecule has 1 aromatic heterocycles. The van der Waals surface area contributed by atoms with E-state index in [1.54, 1.807) is 52.8 Å². The van der Waals surface area contributed by atoms with Crippen molar-refractivity contribution >= 4 is 52.2 Å². The van der Waals surface area contributed by atoms with E-state index < -0.39 is 30.3 Å². The SMILES string of the molecule is CCn1c(=O)/c(=C\Nc2cc(NC(=O)C(C)(C)C)cc(C(=O)NCCN3CCCC3)c2)s/c1=C(/C)C(N)C(=O)NCC(F)F. The summed E-state index contributed by atoms with van der Waals surface area (Å²) >= 11 is 1.09. The van der Waals surface area contributed by atoms with E-state index in [1.165, 1.54) is 10.8 Å². The van der Waals surface area contributed by atoms with Gasteiger partial charge in [-0.2, -0.15) is 0 Å². The smallest absolute Gasteiger partial charge is 0.270 e. The van der Waals surface area contributed by atoms with E-state index in [2.05, 4.69) is 26.2 Å². The van der Waals surface area contributed by atoms with Crippen molar-refractivity contribution < 1.29 is 23.2 Å². The lowest BCUT2D eigenvalue weighted by Gasteiger charge is -2.19. The highest BCUT2D eigenvalue weighted by molar-refractivity contribution is 7.07. The summed E-state index contributed by atoms with van der Waals surface area (Å²) in [4.78, 5) is 53.6. The number of benzene rings is 1. The molecule has 2 aromatic rings. The molecule has 1 unspecified atom stereocenters. The van der Waals surface area contributed by atoms with E-state index in [-0.39, 0.29) is 23.9 Å². The van der Waals surface area contributed by atoms with Crippen LogP contribution >= 0.6 is 11.3 Å². The van der Waals surface area contributed by atoms with E-state index >= 15 is 0 Å². The lowest BCUT2D eigenvalue weighted by Crippen LogP contribution is -2.44. The first kappa shape index (κ1) is 34.9. The number of amides is 3. The van der Waals surface area contributed by atoms with Crippen LogP contribution in [0.3, 0.4) is 0 Å². The van der Waals surface area contributed by atoms with Crippen molar-refractivity contribution in [2.45, 2.75) is 66.5 Å². The molecule has 0 bridgehead atoms. The third-order valence-electron chi connectivity index (χ3n) is 7.16. The summed E-state index contributed by atoms with van der Waals surface area (Å²) in [7, 11) is 0. The van der Waals surface area contributed by atoms with Crippen molar-refractivity contribution in [1.82, 2.24) is 20.1 Å². The van der Waals surface area contributed by atoms with Crippen LogP contribution in [0.5, 0.6) is 0 Å². The lowest BCUT2D eigenvalue weighted by atomic mass is 9.95. The number of carbonyl (C=O) groups excluding carboxylic acids is 3. The molecule has 0 spiro atoms. The summed E-state index contributed by atoms with van der Waals surface area (Å²) in [5.74, 6) is -1.29. The number of carbonyl (C=O) groups is 3. The van der Waals surface area contributed by atoms with Crippen LogP contribution in [0.25, 0.3) is 11.8 Å². The molecule has 11 nitrogen and oxygen atoms in total. The largest absolute Gasteiger partial charge is 0.360 e. The molecule has 2 heterocycles. The molecule has 14 heteroatoms. The Kier molecular flexibility index (Phi) is 12.2. The van der Waals surface area contributed by atoms with Gasteiger partial charge in [-0.1, -0.05) is 20.8 Å². The normalized spacial score (nSPS) is 15.7. The lowest BCUT2D eigenvalue weighted by molar-refractivity contribution is -0.123. The summed E-state index contributed by atoms with van der Waals surface area (Å²) in [5, 5.41) is 11.0. The zero-order valence-electron chi connectivity index (χ0n) is 25.9. The fourth-order valence-electron chi connectivity index (χ4n) is 4.53. The number of hydrogen-bond acceptors (Lipinski definition) is 8. The first-order valence-corrected chi connectivity index (χ1v) is 15.5.